The number of ether oxygens (including phenoxy) is 1. The largest absolute Gasteiger partial charge is 0.468 e. The van der Waals surface area contributed by atoms with E-state index in [1.807, 2.05) is 13.8 Å². The Morgan fingerprint density at radius 2 is 2.15 bits per heavy atom. The minimum atomic E-state index is -3.85. The van der Waals surface area contributed by atoms with E-state index in [1.54, 1.807) is 0 Å². The van der Waals surface area contributed by atoms with Crippen molar-refractivity contribution in [1.82, 2.24) is 14.7 Å². The summed E-state index contributed by atoms with van der Waals surface area (Å²) in [6.07, 6.45) is 2.81. The van der Waals surface area contributed by atoms with Crippen molar-refractivity contribution in [3.63, 3.8) is 0 Å². The number of H-pyrrole nitrogens is 1. The van der Waals surface area contributed by atoms with Gasteiger partial charge in [-0.3, -0.25) is 4.79 Å². The van der Waals surface area contributed by atoms with E-state index in [2.05, 4.69) is 19.4 Å². The third kappa shape index (κ3) is 3.57. The zero-order valence-electron chi connectivity index (χ0n) is 12.2. The van der Waals surface area contributed by atoms with E-state index in [-0.39, 0.29) is 5.03 Å². The molecule has 0 bridgehead atoms. The van der Waals surface area contributed by atoms with E-state index in [0.29, 0.717) is 25.1 Å². The summed E-state index contributed by atoms with van der Waals surface area (Å²) in [5.74, 6) is -0.0428. The van der Waals surface area contributed by atoms with Gasteiger partial charge in [-0.25, -0.2) is 13.4 Å². The fraction of sp³-hybridized carbons (Fsp3) is 0.667. The molecule has 0 aromatic carbocycles. The fourth-order valence-electron chi connectivity index (χ4n) is 1.93. The Morgan fingerprint density at radius 1 is 1.50 bits per heavy atom. The number of sulfonamides is 1. The quantitative estimate of drug-likeness (QED) is 0.731. The van der Waals surface area contributed by atoms with E-state index in [1.165, 1.54) is 20.2 Å². The van der Waals surface area contributed by atoms with Gasteiger partial charge in [0.05, 0.1) is 13.3 Å². The number of hydrogen-bond acceptors (Lipinski definition) is 5. The molecule has 0 saturated carbocycles. The van der Waals surface area contributed by atoms with E-state index in [0.717, 1.165) is 0 Å². The lowest BCUT2D eigenvalue weighted by molar-refractivity contribution is -0.147. The second-order valence-corrected chi connectivity index (χ2v) is 6.38. The maximum Gasteiger partial charge on any atom is 0.326 e. The number of imidazole rings is 1. The standard InChI is InChI=1S/C12H21N3O4S/c1-5-7-12(3,11(16)19-4)15-20(17,18)10-8-13-9(6-2)14-10/h8,15H,5-7H2,1-4H3,(H,13,14). The Morgan fingerprint density at radius 3 is 2.60 bits per heavy atom. The first-order valence-electron chi connectivity index (χ1n) is 6.45. The van der Waals surface area contributed by atoms with E-state index in [4.69, 9.17) is 0 Å². The van der Waals surface area contributed by atoms with Crippen LogP contribution >= 0.6 is 0 Å². The summed E-state index contributed by atoms with van der Waals surface area (Å²) >= 11 is 0. The molecule has 0 amide bonds. The van der Waals surface area contributed by atoms with Crippen molar-refractivity contribution >= 4 is 16.0 Å². The van der Waals surface area contributed by atoms with Crippen LogP contribution in [0.1, 0.15) is 39.4 Å². The number of rotatable bonds is 7. The highest BCUT2D eigenvalue weighted by Crippen LogP contribution is 2.18. The van der Waals surface area contributed by atoms with Gasteiger partial charge in [-0.15, -0.1) is 0 Å². The van der Waals surface area contributed by atoms with Crippen LogP contribution in [0, 0.1) is 0 Å². The van der Waals surface area contributed by atoms with Crippen molar-refractivity contribution in [3.05, 3.63) is 12.0 Å². The number of hydrogen-bond donors (Lipinski definition) is 2. The number of carbonyl (C=O) groups excluding carboxylic acids is 1. The summed E-state index contributed by atoms with van der Waals surface area (Å²) in [6, 6.07) is 0. The van der Waals surface area contributed by atoms with E-state index >= 15 is 0 Å². The number of aryl methyl sites for hydroxylation is 1. The van der Waals surface area contributed by atoms with Gasteiger partial charge in [-0.05, 0) is 13.3 Å². The Balaban J connectivity index is 3.05. The molecule has 114 valence electrons. The molecule has 2 N–H and O–H groups in total. The average molecular weight is 303 g/mol. The highest BCUT2D eigenvalue weighted by Gasteiger charge is 2.38. The Hall–Kier alpha value is -1.41. The molecule has 0 aliphatic carbocycles. The van der Waals surface area contributed by atoms with Gasteiger partial charge < -0.3 is 9.72 Å². The molecule has 20 heavy (non-hydrogen) atoms. The molecular weight excluding hydrogens is 282 g/mol. The van der Waals surface area contributed by atoms with Crippen LogP contribution in [-0.4, -0.2) is 37.0 Å². The lowest BCUT2D eigenvalue weighted by Gasteiger charge is -2.26. The summed E-state index contributed by atoms with van der Waals surface area (Å²) in [5.41, 5.74) is -1.29. The first kappa shape index (κ1) is 16.6. The molecule has 1 aromatic rings. The van der Waals surface area contributed by atoms with Crippen molar-refractivity contribution in [2.45, 2.75) is 50.6 Å². The minimum Gasteiger partial charge on any atom is -0.468 e. The highest BCUT2D eigenvalue weighted by molar-refractivity contribution is 7.89. The third-order valence-electron chi connectivity index (χ3n) is 2.98. The van der Waals surface area contributed by atoms with Crippen molar-refractivity contribution in [3.8, 4) is 0 Å². The molecule has 8 heteroatoms. The molecule has 0 radical (unpaired) electrons. The lowest BCUT2D eigenvalue weighted by Crippen LogP contribution is -2.52. The summed E-state index contributed by atoms with van der Waals surface area (Å²) in [5, 5.41) is -0.0550. The van der Waals surface area contributed by atoms with Gasteiger partial charge in [0.1, 0.15) is 11.4 Å². The molecule has 1 aromatic heterocycles. The van der Waals surface area contributed by atoms with Crippen molar-refractivity contribution in [2.24, 2.45) is 0 Å². The second-order valence-electron chi connectivity index (χ2n) is 4.73. The number of nitrogens with zero attached hydrogens (tertiary/aromatic N) is 1. The molecule has 0 spiro atoms. The Labute approximate surface area is 119 Å². The topological polar surface area (TPSA) is 101 Å². The average Bonchev–Trinajstić information content (AvgIpc) is 2.87. The number of aromatic nitrogens is 2. The van der Waals surface area contributed by atoms with Crippen LogP contribution in [0.3, 0.4) is 0 Å². The number of esters is 1. The lowest BCUT2D eigenvalue weighted by atomic mass is 9.98. The van der Waals surface area contributed by atoms with Crippen LogP contribution in [0.2, 0.25) is 0 Å². The zero-order chi connectivity index (χ0) is 15.4. The maximum absolute atomic E-state index is 12.3. The molecule has 1 atom stereocenters. The van der Waals surface area contributed by atoms with Gasteiger partial charge in [0.2, 0.25) is 0 Å². The van der Waals surface area contributed by atoms with Crippen LogP contribution in [0.25, 0.3) is 0 Å². The van der Waals surface area contributed by atoms with Gasteiger partial charge in [-0.1, -0.05) is 20.3 Å². The summed E-state index contributed by atoms with van der Waals surface area (Å²) in [7, 11) is -2.62. The van der Waals surface area contributed by atoms with E-state index < -0.39 is 21.5 Å². The van der Waals surface area contributed by atoms with E-state index in [9.17, 15) is 13.2 Å². The zero-order valence-corrected chi connectivity index (χ0v) is 13.0. The van der Waals surface area contributed by atoms with Gasteiger partial charge >= 0.3 is 5.97 Å². The first-order valence-corrected chi connectivity index (χ1v) is 7.93. The molecule has 1 heterocycles. The smallest absolute Gasteiger partial charge is 0.326 e. The summed E-state index contributed by atoms with van der Waals surface area (Å²) in [6.45, 7) is 5.23. The SMILES string of the molecule is CCCC(C)(NS(=O)(=O)c1cnc(CC)[nH]1)C(=O)OC. The van der Waals surface area contributed by atoms with Gasteiger partial charge in [-0.2, -0.15) is 4.72 Å². The van der Waals surface area contributed by atoms with Gasteiger partial charge in [0, 0.05) is 6.42 Å². The van der Waals surface area contributed by atoms with Crippen molar-refractivity contribution in [1.29, 1.82) is 0 Å². The summed E-state index contributed by atoms with van der Waals surface area (Å²) in [4.78, 5) is 18.5. The van der Waals surface area contributed by atoms with Crippen LogP contribution in [-0.2, 0) is 26.0 Å². The van der Waals surface area contributed by atoms with Crippen LogP contribution in [0.5, 0.6) is 0 Å². The maximum atomic E-state index is 12.3. The fourth-order valence-corrected chi connectivity index (χ4v) is 3.26. The second kappa shape index (κ2) is 6.36. The number of aromatic amines is 1. The molecule has 0 aliphatic rings. The van der Waals surface area contributed by atoms with Crippen LogP contribution in [0.15, 0.2) is 11.2 Å². The minimum absolute atomic E-state index is 0.0550. The predicted molar refractivity (Wildman–Crippen MR) is 73.6 cm³/mol. The normalized spacial score (nSPS) is 14.8. The van der Waals surface area contributed by atoms with Gasteiger partial charge in [0.15, 0.2) is 5.03 Å². The number of carbonyl (C=O) groups is 1. The van der Waals surface area contributed by atoms with Crippen LogP contribution < -0.4 is 4.72 Å². The highest BCUT2D eigenvalue weighted by atomic mass is 32.2. The monoisotopic (exact) mass is 303 g/mol. The molecule has 0 saturated heterocycles. The molecule has 0 fully saturated rings. The third-order valence-corrected chi connectivity index (χ3v) is 4.48. The molecular formula is C12H21N3O4S. The molecule has 0 aliphatic heterocycles. The first-order chi connectivity index (χ1) is 9.29. The Kier molecular flexibility index (Phi) is 5.29. The molecule has 1 rings (SSSR count). The molecule has 1 unspecified atom stereocenters. The van der Waals surface area contributed by atoms with Crippen molar-refractivity contribution in [2.75, 3.05) is 7.11 Å². The summed E-state index contributed by atoms with van der Waals surface area (Å²) < 4.78 is 31.7. The number of methoxy groups -OCH3 is 1. The predicted octanol–water partition coefficient (Wildman–Crippen LogP) is 0.982. The Bertz CT molecular complexity index is 567. The van der Waals surface area contributed by atoms with Gasteiger partial charge in [0.25, 0.3) is 10.0 Å². The molecule has 7 nitrogen and oxygen atoms in total. The number of nitrogens with one attached hydrogen (secondary N) is 2. The van der Waals surface area contributed by atoms with Crippen LogP contribution in [0.4, 0.5) is 0 Å². The van der Waals surface area contributed by atoms with Crippen molar-refractivity contribution < 1.29 is 17.9 Å².